The number of hydrogen-bond acceptors (Lipinski definition) is 2. The molecule has 0 bridgehead atoms. The maximum atomic E-state index is 11.1. The molecule has 4 N–H and O–H groups in total. The van der Waals surface area contributed by atoms with Crippen molar-refractivity contribution in [1.82, 2.24) is 0 Å². The van der Waals surface area contributed by atoms with Gasteiger partial charge in [0, 0.05) is 17.2 Å². The van der Waals surface area contributed by atoms with Gasteiger partial charge in [0.05, 0.1) is 0 Å². The van der Waals surface area contributed by atoms with Gasteiger partial charge < -0.3 is 11.5 Å². The van der Waals surface area contributed by atoms with E-state index in [1.165, 1.54) is 0 Å². The molecule has 0 unspecified atom stereocenters. The molecule has 1 aromatic carbocycles. The second-order valence-electron chi connectivity index (χ2n) is 4.19. The lowest BCUT2D eigenvalue weighted by molar-refractivity contribution is -0.688. The van der Waals surface area contributed by atoms with Gasteiger partial charge >= 0.3 is 0 Å². The van der Waals surface area contributed by atoms with Gasteiger partial charge in [-0.3, -0.25) is 9.59 Å². The number of amides is 2. The maximum Gasteiger partial charge on any atom is 0.254 e. The average Bonchev–Trinajstić information content (AvgIpc) is 2.39. The van der Waals surface area contributed by atoms with Crippen molar-refractivity contribution in [2.45, 2.75) is 6.54 Å². The SMILES string of the molecule is NC(=O)c1ccc(C[n+]2cccc(C(N)=O)c2)cc1. The molecule has 5 heteroatoms. The first-order valence-corrected chi connectivity index (χ1v) is 5.74. The number of carbonyl (C=O) groups excluding carboxylic acids is 2. The molecule has 1 aromatic heterocycles. The van der Waals surface area contributed by atoms with Crippen molar-refractivity contribution in [1.29, 1.82) is 0 Å². The number of benzene rings is 1. The van der Waals surface area contributed by atoms with Gasteiger partial charge in [-0.25, -0.2) is 0 Å². The van der Waals surface area contributed by atoms with Crippen molar-refractivity contribution in [3.05, 3.63) is 65.5 Å². The normalized spacial score (nSPS) is 10.1. The lowest BCUT2D eigenvalue weighted by atomic mass is 10.1. The number of rotatable bonds is 4. The summed E-state index contributed by atoms with van der Waals surface area (Å²) in [6.07, 6.45) is 3.53. The lowest BCUT2D eigenvalue weighted by Gasteiger charge is -2.00. The Bertz CT molecular complexity index is 621. The van der Waals surface area contributed by atoms with Crippen LogP contribution in [0, 0.1) is 0 Å². The Kier molecular flexibility index (Phi) is 3.56. The van der Waals surface area contributed by atoms with Crippen LogP contribution < -0.4 is 16.0 Å². The number of nitrogens with zero attached hydrogens (tertiary/aromatic N) is 1. The van der Waals surface area contributed by atoms with Crippen LogP contribution in [0.25, 0.3) is 0 Å². The zero-order valence-electron chi connectivity index (χ0n) is 10.2. The predicted octanol–water partition coefficient (Wildman–Crippen LogP) is 0.220. The summed E-state index contributed by atoms with van der Waals surface area (Å²) in [6, 6.07) is 10.4. The van der Waals surface area contributed by atoms with Crippen LogP contribution in [0.15, 0.2) is 48.8 Å². The topological polar surface area (TPSA) is 90.1 Å². The van der Waals surface area contributed by atoms with E-state index in [0.29, 0.717) is 17.7 Å². The third-order valence-corrected chi connectivity index (χ3v) is 2.75. The number of hydrogen-bond donors (Lipinski definition) is 2. The highest BCUT2D eigenvalue weighted by atomic mass is 16.1. The van der Waals surface area contributed by atoms with Gasteiger partial charge in [-0.1, -0.05) is 12.1 Å². The summed E-state index contributed by atoms with van der Waals surface area (Å²) in [5, 5.41) is 0. The van der Waals surface area contributed by atoms with Crippen LogP contribution in [0.4, 0.5) is 0 Å². The van der Waals surface area contributed by atoms with E-state index in [9.17, 15) is 9.59 Å². The van der Waals surface area contributed by atoms with Crippen LogP contribution in [-0.2, 0) is 6.54 Å². The zero-order valence-corrected chi connectivity index (χ0v) is 10.2. The molecule has 0 aliphatic rings. The summed E-state index contributed by atoms with van der Waals surface area (Å²) in [5.41, 5.74) is 12.3. The second-order valence-corrected chi connectivity index (χ2v) is 4.19. The van der Waals surface area contributed by atoms with Crippen molar-refractivity contribution in [3.63, 3.8) is 0 Å². The average molecular weight is 256 g/mol. The maximum absolute atomic E-state index is 11.1. The van der Waals surface area contributed by atoms with Crippen molar-refractivity contribution < 1.29 is 14.2 Å². The van der Waals surface area contributed by atoms with E-state index >= 15 is 0 Å². The summed E-state index contributed by atoms with van der Waals surface area (Å²) in [5.74, 6) is -0.909. The summed E-state index contributed by atoms with van der Waals surface area (Å²) in [7, 11) is 0. The molecular formula is C14H14N3O2+. The minimum Gasteiger partial charge on any atom is -0.366 e. The fourth-order valence-corrected chi connectivity index (χ4v) is 1.75. The molecule has 19 heavy (non-hydrogen) atoms. The fourth-order valence-electron chi connectivity index (χ4n) is 1.75. The standard InChI is InChI=1S/C14H13N3O2/c15-13(18)11-5-3-10(4-6-11)8-17-7-1-2-12(9-17)14(16)19/h1-7,9H,8H2,(H3-,15,16,18,19)/p+1. The van der Waals surface area contributed by atoms with Crippen molar-refractivity contribution in [2.75, 3.05) is 0 Å². The quantitative estimate of drug-likeness (QED) is 0.766. The van der Waals surface area contributed by atoms with Crippen molar-refractivity contribution in [2.24, 2.45) is 11.5 Å². The Labute approximate surface area is 110 Å². The van der Waals surface area contributed by atoms with E-state index in [1.807, 2.05) is 22.9 Å². The minimum absolute atomic E-state index is 0.449. The zero-order chi connectivity index (χ0) is 13.8. The highest BCUT2D eigenvalue weighted by Gasteiger charge is 2.08. The first kappa shape index (κ1) is 12.8. The van der Waals surface area contributed by atoms with Crippen LogP contribution in [-0.4, -0.2) is 11.8 Å². The van der Waals surface area contributed by atoms with E-state index in [4.69, 9.17) is 11.5 Å². The summed E-state index contributed by atoms with van der Waals surface area (Å²) >= 11 is 0. The molecular weight excluding hydrogens is 242 g/mol. The van der Waals surface area contributed by atoms with E-state index in [2.05, 4.69) is 0 Å². The van der Waals surface area contributed by atoms with E-state index in [-0.39, 0.29) is 0 Å². The van der Waals surface area contributed by atoms with Crippen LogP contribution in [0.2, 0.25) is 0 Å². The molecule has 96 valence electrons. The number of pyridine rings is 1. The van der Waals surface area contributed by atoms with Crippen LogP contribution in [0.5, 0.6) is 0 Å². The number of nitrogens with two attached hydrogens (primary N) is 2. The van der Waals surface area contributed by atoms with Crippen molar-refractivity contribution >= 4 is 11.8 Å². The van der Waals surface area contributed by atoms with Gasteiger partial charge in [-0.05, 0) is 18.2 Å². The van der Waals surface area contributed by atoms with E-state index in [0.717, 1.165) is 5.56 Å². The number of primary amides is 2. The highest BCUT2D eigenvalue weighted by Crippen LogP contribution is 2.03. The summed E-state index contributed by atoms with van der Waals surface area (Å²) < 4.78 is 1.85. The highest BCUT2D eigenvalue weighted by molar-refractivity contribution is 5.92. The van der Waals surface area contributed by atoms with E-state index < -0.39 is 11.8 Å². The van der Waals surface area contributed by atoms with Gasteiger partial charge in [-0.15, -0.1) is 0 Å². The van der Waals surface area contributed by atoms with Crippen LogP contribution in [0.3, 0.4) is 0 Å². The molecule has 0 saturated heterocycles. The van der Waals surface area contributed by atoms with Crippen molar-refractivity contribution in [3.8, 4) is 0 Å². The molecule has 1 heterocycles. The minimum atomic E-state index is -0.460. The van der Waals surface area contributed by atoms with Crippen LogP contribution in [0.1, 0.15) is 26.3 Å². The molecule has 0 aliphatic carbocycles. The Morgan fingerprint density at radius 3 is 2.16 bits per heavy atom. The first-order chi connectivity index (χ1) is 9.06. The largest absolute Gasteiger partial charge is 0.366 e. The van der Waals surface area contributed by atoms with E-state index in [1.54, 1.807) is 30.5 Å². The van der Waals surface area contributed by atoms with Gasteiger partial charge in [0.15, 0.2) is 18.9 Å². The molecule has 2 aromatic rings. The number of aromatic nitrogens is 1. The molecule has 2 rings (SSSR count). The summed E-state index contributed by atoms with van der Waals surface area (Å²) in [4.78, 5) is 22.0. The monoisotopic (exact) mass is 256 g/mol. The third kappa shape index (κ3) is 3.16. The molecule has 2 amide bonds. The third-order valence-electron chi connectivity index (χ3n) is 2.75. The van der Waals surface area contributed by atoms with Crippen LogP contribution >= 0.6 is 0 Å². The molecule has 0 spiro atoms. The Hall–Kier alpha value is -2.69. The lowest BCUT2D eigenvalue weighted by Crippen LogP contribution is -2.35. The molecule has 0 aliphatic heterocycles. The Balaban J connectivity index is 2.19. The molecule has 0 atom stereocenters. The smallest absolute Gasteiger partial charge is 0.254 e. The molecule has 0 fully saturated rings. The van der Waals surface area contributed by atoms with Gasteiger partial charge in [-0.2, -0.15) is 4.57 Å². The first-order valence-electron chi connectivity index (χ1n) is 5.74. The van der Waals surface area contributed by atoms with Gasteiger partial charge in [0.25, 0.3) is 5.91 Å². The van der Waals surface area contributed by atoms with Gasteiger partial charge in [0.2, 0.25) is 5.91 Å². The second kappa shape index (κ2) is 5.30. The van der Waals surface area contributed by atoms with Gasteiger partial charge in [0.1, 0.15) is 5.56 Å². The summed E-state index contributed by atoms with van der Waals surface area (Å²) in [6.45, 7) is 0.583. The number of carbonyl (C=O) groups is 2. The Morgan fingerprint density at radius 1 is 0.947 bits per heavy atom. The molecule has 0 saturated carbocycles. The Morgan fingerprint density at radius 2 is 1.58 bits per heavy atom. The molecule has 5 nitrogen and oxygen atoms in total. The molecule has 0 radical (unpaired) electrons. The predicted molar refractivity (Wildman–Crippen MR) is 69.2 cm³/mol. The fraction of sp³-hybridized carbons (Fsp3) is 0.0714.